The van der Waals surface area contributed by atoms with Crippen LogP contribution in [0.2, 0.25) is 0 Å². The standard InChI is InChI=1S/C27H48N2O3/c1-4-5-6-7-8-9-10-11-12-13-14-15-16-17-18-19-22-28-27(30)29-24-20-21-25(31-2)26(23-24)32-3/h20-21,23H,4-19,22H2,1-3H3,(H2,28,29,30). The number of unbranched alkanes of at least 4 members (excludes halogenated alkanes) is 15. The summed E-state index contributed by atoms with van der Waals surface area (Å²) in [5, 5.41) is 5.76. The maximum Gasteiger partial charge on any atom is 0.319 e. The molecule has 2 amide bonds. The average Bonchev–Trinajstić information content (AvgIpc) is 2.81. The summed E-state index contributed by atoms with van der Waals surface area (Å²) < 4.78 is 10.5. The lowest BCUT2D eigenvalue weighted by Gasteiger charge is -2.11. The Morgan fingerprint density at radius 3 is 1.62 bits per heavy atom. The summed E-state index contributed by atoms with van der Waals surface area (Å²) in [6.45, 7) is 2.99. The van der Waals surface area contributed by atoms with E-state index < -0.39 is 0 Å². The van der Waals surface area contributed by atoms with Crippen LogP contribution in [0.4, 0.5) is 10.5 Å². The molecule has 32 heavy (non-hydrogen) atoms. The van der Waals surface area contributed by atoms with Crippen molar-refractivity contribution in [3.05, 3.63) is 18.2 Å². The third kappa shape index (κ3) is 14.2. The third-order valence-electron chi connectivity index (χ3n) is 5.96. The van der Waals surface area contributed by atoms with Crippen LogP contribution in [0.25, 0.3) is 0 Å². The fraction of sp³-hybridized carbons (Fsp3) is 0.741. The maximum atomic E-state index is 12.0. The van der Waals surface area contributed by atoms with Gasteiger partial charge in [-0.3, -0.25) is 0 Å². The van der Waals surface area contributed by atoms with Gasteiger partial charge in [-0.25, -0.2) is 4.79 Å². The van der Waals surface area contributed by atoms with E-state index in [2.05, 4.69) is 17.6 Å². The van der Waals surface area contributed by atoms with Gasteiger partial charge in [-0.15, -0.1) is 0 Å². The number of amides is 2. The Bertz CT molecular complexity index is 592. The van der Waals surface area contributed by atoms with Crippen LogP contribution in [0.3, 0.4) is 0 Å². The van der Waals surface area contributed by atoms with Gasteiger partial charge in [0.1, 0.15) is 0 Å². The molecule has 5 heteroatoms. The van der Waals surface area contributed by atoms with Crippen LogP contribution in [0.1, 0.15) is 110 Å². The highest BCUT2D eigenvalue weighted by Gasteiger charge is 2.07. The van der Waals surface area contributed by atoms with Gasteiger partial charge < -0.3 is 20.1 Å². The summed E-state index contributed by atoms with van der Waals surface area (Å²) in [7, 11) is 3.18. The van der Waals surface area contributed by atoms with E-state index in [9.17, 15) is 4.79 Å². The largest absolute Gasteiger partial charge is 0.493 e. The zero-order valence-corrected chi connectivity index (χ0v) is 21.0. The Balaban J connectivity index is 1.89. The average molecular weight is 449 g/mol. The van der Waals surface area contributed by atoms with Crippen LogP contribution >= 0.6 is 0 Å². The molecule has 0 unspecified atom stereocenters. The van der Waals surface area contributed by atoms with E-state index in [-0.39, 0.29) is 6.03 Å². The number of hydrogen-bond acceptors (Lipinski definition) is 3. The minimum Gasteiger partial charge on any atom is -0.493 e. The topological polar surface area (TPSA) is 59.6 Å². The van der Waals surface area contributed by atoms with Crippen LogP contribution in [0.5, 0.6) is 11.5 Å². The molecule has 0 aromatic heterocycles. The van der Waals surface area contributed by atoms with E-state index in [4.69, 9.17) is 9.47 Å². The van der Waals surface area contributed by atoms with E-state index in [1.807, 2.05) is 0 Å². The minimum atomic E-state index is -0.182. The lowest BCUT2D eigenvalue weighted by molar-refractivity contribution is 0.252. The van der Waals surface area contributed by atoms with Crippen LogP contribution in [-0.2, 0) is 0 Å². The van der Waals surface area contributed by atoms with Crippen molar-refractivity contribution in [2.24, 2.45) is 0 Å². The van der Waals surface area contributed by atoms with Gasteiger partial charge in [-0.2, -0.15) is 0 Å². The van der Waals surface area contributed by atoms with Gasteiger partial charge >= 0.3 is 6.03 Å². The number of nitrogens with one attached hydrogen (secondary N) is 2. The number of carbonyl (C=O) groups excluding carboxylic acids is 1. The molecule has 0 spiro atoms. The van der Waals surface area contributed by atoms with Crippen LogP contribution in [0, 0.1) is 0 Å². The molecule has 0 heterocycles. The molecule has 5 nitrogen and oxygen atoms in total. The molecule has 0 saturated carbocycles. The number of rotatable bonds is 20. The number of ether oxygens (including phenoxy) is 2. The molecule has 0 bridgehead atoms. The van der Waals surface area contributed by atoms with Crippen molar-refractivity contribution in [1.82, 2.24) is 5.32 Å². The molecule has 0 atom stereocenters. The summed E-state index contributed by atoms with van der Waals surface area (Å²) in [5.41, 5.74) is 0.687. The lowest BCUT2D eigenvalue weighted by atomic mass is 10.0. The highest BCUT2D eigenvalue weighted by Crippen LogP contribution is 2.29. The molecule has 0 radical (unpaired) electrons. The Hall–Kier alpha value is -1.91. The molecule has 0 aliphatic rings. The molecule has 0 aliphatic heterocycles. The summed E-state index contributed by atoms with van der Waals surface area (Å²) in [6.07, 6.45) is 21.7. The summed E-state index contributed by atoms with van der Waals surface area (Å²) >= 11 is 0. The monoisotopic (exact) mass is 448 g/mol. The fourth-order valence-electron chi connectivity index (χ4n) is 3.96. The Kier molecular flexibility index (Phi) is 17.4. The number of hydrogen-bond donors (Lipinski definition) is 2. The normalized spacial score (nSPS) is 10.7. The first-order chi connectivity index (χ1) is 15.7. The Labute approximate surface area is 197 Å². The molecule has 2 N–H and O–H groups in total. The predicted molar refractivity (Wildman–Crippen MR) is 136 cm³/mol. The Morgan fingerprint density at radius 1 is 0.688 bits per heavy atom. The Morgan fingerprint density at radius 2 is 1.16 bits per heavy atom. The van der Waals surface area contributed by atoms with Crippen molar-refractivity contribution in [2.45, 2.75) is 110 Å². The van der Waals surface area contributed by atoms with Crippen molar-refractivity contribution < 1.29 is 14.3 Å². The van der Waals surface area contributed by atoms with Crippen molar-refractivity contribution in [1.29, 1.82) is 0 Å². The van der Waals surface area contributed by atoms with Crippen molar-refractivity contribution in [2.75, 3.05) is 26.1 Å². The number of carbonyl (C=O) groups is 1. The van der Waals surface area contributed by atoms with Gasteiger partial charge in [0.15, 0.2) is 11.5 Å². The molecular weight excluding hydrogens is 400 g/mol. The number of anilines is 1. The van der Waals surface area contributed by atoms with E-state index >= 15 is 0 Å². The number of benzene rings is 1. The zero-order chi connectivity index (χ0) is 23.3. The van der Waals surface area contributed by atoms with E-state index in [0.29, 0.717) is 23.7 Å². The fourth-order valence-corrected chi connectivity index (χ4v) is 3.96. The lowest BCUT2D eigenvalue weighted by Crippen LogP contribution is -2.29. The van der Waals surface area contributed by atoms with Crippen molar-refractivity contribution in [3.8, 4) is 11.5 Å². The second-order valence-electron chi connectivity index (χ2n) is 8.75. The van der Waals surface area contributed by atoms with Crippen molar-refractivity contribution >= 4 is 11.7 Å². The highest BCUT2D eigenvalue weighted by atomic mass is 16.5. The third-order valence-corrected chi connectivity index (χ3v) is 5.96. The molecular formula is C27H48N2O3. The summed E-state index contributed by atoms with van der Waals surface area (Å²) in [6, 6.07) is 5.16. The first-order valence-electron chi connectivity index (χ1n) is 13.0. The van der Waals surface area contributed by atoms with Crippen LogP contribution in [-0.4, -0.2) is 26.8 Å². The van der Waals surface area contributed by atoms with Crippen molar-refractivity contribution in [3.63, 3.8) is 0 Å². The highest BCUT2D eigenvalue weighted by molar-refractivity contribution is 5.89. The molecule has 1 rings (SSSR count). The second kappa shape index (κ2) is 19.8. The van der Waals surface area contributed by atoms with E-state index in [1.165, 1.54) is 96.3 Å². The molecule has 0 aliphatic carbocycles. The first kappa shape index (κ1) is 28.1. The second-order valence-corrected chi connectivity index (χ2v) is 8.75. The molecule has 1 aromatic rings. The minimum absolute atomic E-state index is 0.182. The van der Waals surface area contributed by atoms with E-state index in [1.54, 1.807) is 32.4 Å². The SMILES string of the molecule is CCCCCCCCCCCCCCCCCCNC(=O)Nc1ccc(OC)c(OC)c1. The van der Waals surface area contributed by atoms with Gasteiger partial charge in [0.25, 0.3) is 0 Å². The van der Waals surface area contributed by atoms with Gasteiger partial charge in [-0.05, 0) is 18.6 Å². The smallest absolute Gasteiger partial charge is 0.319 e. The molecule has 0 fully saturated rings. The van der Waals surface area contributed by atoms with Gasteiger partial charge in [0.05, 0.1) is 14.2 Å². The number of urea groups is 1. The van der Waals surface area contributed by atoms with E-state index in [0.717, 1.165) is 6.42 Å². The summed E-state index contributed by atoms with van der Waals surface area (Å²) in [5.74, 6) is 1.25. The molecule has 1 aromatic carbocycles. The molecule has 184 valence electrons. The maximum absolute atomic E-state index is 12.0. The quantitative estimate of drug-likeness (QED) is 0.198. The van der Waals surface area contributed by atoms with Gasteiger partial charge in [-0.1, -0.05) is 103 Å². The van der Waals surface area contributed by atoms with Crippen LogP contribution < -0.4 is 20.1 Å². The van der Waals surface area contributed by atoms with Gasteiger partial charge in [0, 0.05) is 18.3 Å². The van der Waals surface area contributed by atoms with Crippen LogP contribution in [0.15, 0.2) is 18.2 Å². The summed E-state index contributed by atoms with van der Waals surface area (Å²) in [4.78, 5) is 12.0. The molecule has 0 saturated heterocycles. The van der Waals surface area contributed by atoms with Gasteiger partial charge in [0.2, 0.25) is 0 Å². The zero-order valence-electron chi connectivity index (χ0n) is 21.0. The number of methoxy groups -OCH3 is 2. The first-order valence-corrected chi connectivity index (χ1v) is 13.0. The predicted octanol–water partition coefficient (Wildman–Crippen LogP) is 8.09.